The van der Waals surface area contributed by atoms with Crippen LogP contribution in [-0.2, 0) is 16.1 Å². The second-order valence-corrected chi connectivity index (χ2v) is 6.51. The smallest absolute Gasteiger partial charge is 0.387 e. The molecule has 0 aliphatic rings. The van der Waals surface area contributed by atoms with Gasteiger partial charge in [0, 0.05) is 19.6 Å². The van der Waals surface area contributed by atoms with E-state index in [0.29, 0.717) is 5.56 Å². The summed E-state index contributed by atoms with van der Waals surface area (Å²) in [4.78, 5) is 27.2. The molecule has 0 spiro atoms. The molecule has 0 aromatic heterocycles. The van der Waals surface area contributed by atoms with Crippen LogP contribution in [0.25, 0.3) is 0 Å². The number of alkyl halides is 2. The molecule has 0 saturated heterocycles. The van der Waals surface area contributed by atoms with E-state index in [1.807, 2.05) is 13.8 Å². The number of likely N-dealkylation sites (N-methyl/N-ethyl adjacent to an activating group) is 2. The fraction of sp³-hybridized carbons (Fsp3) is 0.556. The molecule has 0 heterocycles. The zero-order valence-corrected chi connectivity index (χ0v) is 16.3. The van der Waals surface area contributed by atoms with E-state index in [2.05, 4.69) is 10.1 Å². The fourth-order valence-electron chi connectivity index (χ4n) is 2.39. The minimum absolute atomic E-state index is 0.0382. The minimum Gasteiger partial charge on any atom is -0.493 e. The predicted octanol–water partition coefficient (Wildman–Crippen LogP) is 1.71. The first-order chi connectivity index (χ1) is 12.6. The summed E-state index contributed by atoms with van der Waals surface area (Å²) in [5, 5.41) is 2.76. The molecule has 0 aliphatic heterocycles. The highest BCUT2D eigenvalue weighted by atomic mass is 19.3. The van der Waals surface area contributed by atoms with Gasteiger partial charge in [0.2, 0.25) is 11.8 Å². The van der Waals surface area contributed by atoms with Crippen molar-refractivity contribution >= 4 is 11.8 Å². The van der Waals surface area contributed by atoms with Gasteiger partial charge in [-0.3, -0.25) is 14.5 Å². The average Bonchev–Trinajstić information content (AvgIpc) is 2.54. The SMILES string of the molecule is COc1cc(CN(C)C(=O)CN(C)CC(=O)NC(C)C)ccc1OC(F)F. The second kappa shape index (κ2) is 10.7. The zero-order valence-electron chi connectivity index (χ0n) is 16.3. The van der Waals surface area contributed by atoms with Gasteiger partial charge in [-0.2, -0.15) is 8.78 Å². The highest BCUT2D eigenvalue weighted by Crippen LogP contribution is 2.29. The van der Waals surface area contributed by atoms with Crippen molar-refractivity contribution in [2.24, 2.45) is 0 Å². The molecule has 27 heavy (non-hydrogen) atoms. The number of nitrogens with one attached hydrogen (secondary N) is 1. The van der Waals surface area contributed by atoms with Gasteiger partial charge in [0.05, 0.1) is 20.2 Å². The molecule has 2 amide bonds. The molecule has 1 N–H and O–H groups in total. The number of benzene rings is 1. The van der Waals surface area contributed by atoms with Crippen molar-refractivity contribution in [2.45, 2.75) is 33.0 Å². The first-order valence-electron chi connectivity index (χ1n) is 8.46. The number of rotatable bonds is 10. The van der Waals surface area contributed by atoms with Gasteiger partial charge in [-0.05, 0) is 38.6 Å². The molecule has 0 fully saturated rings. The molecule has 0 atom stereocenters. The molecule has 0 radical (unpaired) electrons. The fourth-order valence-corrected chi connectivity index (χ4v) is 2.39. The van der Waals surface area contributed by atoms with Gasteiger partial charge >= 0.3 is 6.61 Å². The van der Waals surface area contributed by atoms with Gasteiger partial charge in [0.1, 0.15) is 0 Å². The Morgan fingerprint density at radius 2 is 1.81 bits per heavy atom. The maximum absolute atomic E-state index is 12.4. The van der Waals surface area contributed by atoms with Crippen molar-refractivity contribution in [1.82, 2.24) is 15.1 Å². The lowest BCUT2D eigenvalue weighted by atomic mass is 10.2. The number of amides is 2. The summed E-state index contributed by atoms with van der Waals surface area (Å²) in [5.41, 5.74) is 0.699. The Hall–Kier alpha value is -2.42. The third-order valence-electron chi connectivity index (χ3n) is 3.56. The van der Waals surface area contributed by atoms with Crippen molar-refractivity contribution in [3.05, 3.63) is 23.8 Å². The Bertz CT molecular complexity index is 641. The number of halogens is 2. The minimum atomic E-state index is -2.95. The summed E-state index contributed by atoms with van der Waals surface area (Å²) in [6.07, 6.45) is 0. The van der Waals surface area contributed by atoms with E-state index in [-0.39, 0.29) is 49.0 Å². The Labute approximate surface area is 158 Å². The highest BCUT2D eigenvalue weighted by molar-refractivity contribution is 5.81. The number of carbonyl (C=O) groups is 2. The number of hydrogen-bond donors (Lipinski definition) is 1. The van der Waals surface area contributed by atoms with Crippen LogP contribution in [0, 0.1) is 0 Å². The molecule has 1 aromatic carbocycles. The maximum atomic E-state index is 12.4. The number of ether oxygens (including phenoxy) is 2. The largest absolute Gasteiger partial charge is 0.493 e. The summed E-state index contributed by atoms with van der Waals surface area (Å²) in [5.74, 6) is -0.235. The van der Waals surface area contributed by atoms with Crippen molar-refractivity contribution in [1.29, 1.82) is 0 Å². The summed E-state index contributed by atoms with van der Waals surface area (Å²) in [6.45, 7) is 1.23. The van der Waals surface area contributed by atoms with Crippen LogP contribution >= 0.6 is 0 Å². The van der Waals surface area contributed by atoms with Crippen molar-refractivity contribution in [3.63, 3.8) is 0 Å². The van der Waals surface area contributed by atoms with E-state index in [1.165, 1.54) is 18.1 Å². The zero-order chi connectivity index (χ0) is 20.6. The van der Waals surface area contributed by atoms with Gasteiger partial charge in [-0.1, -0.05) is 6.07 Å². The Balaban J connectivity index is 2.63. The summed E-state index contributed by atoms with van der Waals surface area (Å²) < 4.78 is 34.2. The maximum Gasteiger partial charge on any atom is 0.387 e. The highest BCUT2D eigenvalue weighted by Gasteiger charge is 2.16. The normalized spacial score (nSPS) is 11.0. The van der Waals surface area contributed by atoms with Gasteiger partial charge in [-0.25, -0.2) is 0 Å². The van der Waals surface area contributed by atoms with E-state index >= 15 is 0 Å². The quantitative estimate of drug-likeness (QED) is 0.662. The average molecular weight is 387 g/mol. The Kier molecular flexibility index (Phi) is 8.93. The van der Waals surface area contributed by atoms with Crippen LogP contribution < -0.4 is 14.8 Å². The third kappa shape index (κ3) is 8.21. The van der Waals surface area contributed by atoms with Crippen LogP contribution in [0.4, 0.5) is 8.78 Å². The van der Waals surface area contributed by atoms with Crippen LogP contribution in [-0.4, -0.2) is 68.6 Å². The van der Waals surface area contributed by atoms with E-state index in [0.717, 1.165) is 0 Å². The van der Waals surface area contributed by atoms with E-state index in [9.17, 15) is 18.4 Å². The van der Waals surface area contributed by atoms with Crippen molar-refractivity contribution < 1.29 is 27.8 Å². The van der Waals surface area contributed by atoms with E-state index < -0.39 is 6.61 Å². The lowest BCUT2D eigenvalue weighted by Crippen LogP contribution is -2.42. The number of nitrogens with zero attached hydrogens (tertiary/aromatic N) is 2. The standard InChI is InChI=1S/C18H27F2N3O4/c1-12(2)21-16(24)10-22(3)11-17(25)23(4)9-13-6-7-14(27-18(19)20)15(8-13)26-5/h6-8,12,18H,9-11H2,1-5H3,(H,21,24). The third-order valence-corrected chi connectivity index (χ3v) is 3.56. The predicted molar refractivity (Wildman–Crippen MR) is 96.9 cm³/mol. The second-order valence-electron chi connectivity index (χ2n) is 6.51. The molecule has 1 rings (SSSR count). The van der Waals surface area contributed by atoms with Gasteiger partial charge in [0.25, 0.3) is 0 Å². The van der Waals surface area contributed by atoms with Crippen LogP contribution in [0.1, 0.15) is 19.4 Å². The molecule has 0 aliphatic carbocycles. The van der Waals surface area contributed by atoms with Crippen LogP contribution in [0.15, 0.2) is 18.2 Å². The van der Waals surface area contributed by atoms with Gasteiger partial charge in [-0.15, -0.1) is 0 Å². The van der Waals surface area contributed by atoms with Gasteiger partial charge in [0.15, 0.2) is 11.5 Å². The topological polar surface area (TPSA) is 71.1 Å². The Morgan fingerprint density at radius 3 is 2.37 bits per heavy atom. The van der Waals surface area contributed by atoms with Crippen molar-refractivity contribution in [2.75, 3.05) is 34.3 Å². The van der Waals surface area contributed by atoms with E-state index in [4.69, 9.17) is 4.74 Å². The first kappa shape index (κ1) is 22.6. The lowest BCUT2D eigenvalue weighted by Gasteiger charge is -2.22. The van der Waals surface area contributed by atoms with Crippen LogP contribution in [0.2, 0.25) is 0 Å². The molecule has 152 valence electrons. The number of carbonyl (C=O) groups excluding carboxylic acids is 2. The summed E-state index contributed by atoms with van der Waals surface area (Å²) in [6, 6.07) is 4.54. The Morgan fingerprint density at radius 1 is 1.15 bits per heavy atom. The van der Waals surface area contributed by atoms with Crippen molar-refractivity contribution in [3.8, 4) is 11.5 Å². The molecular formula is C18H27F2N3O4. The van der Waals surface area contributed by atoms with Gasteiger partial charge < -0.3 is 19.7 Å². The molecule has 0 bridgehead atoms. The molecule has 0 saturated carbocycles. The molecule has 1 aromatic rings. The number of methoxy groups -OCH3 is 1. The molecule has 7 nitrogen and oxygen atoms in total. The molecule has 0 unspecified atom stereocenters. The summed E-state index contributed by atoms with van der Waals surface area (Å²) in [7, 11) is 4.66. The molecular weight excluding hydrogens is 360 g/mol. The number of hydrogen-bond acceptors (Lipinski definition) is 5. The lowest BCUT2D eigenvalue weighted by molar-refractivity contribution is -0.132. The van der Waals surface area contributed by atoms with Crippen LogP contribution in [0.3, 0.4) is 0 Å². The monoisotopic (exact) mass is 387 g/mol. The summed E-state index contributed by atoms with van der Waals surface area (Å²) >= 11 is 0. The first-order valence-corrected chi connectivity index (χ1v) is 8.46. The molecule has 9 heteroatoms. The van der Waals surface area contributed by atoms with E-state index in [1.54, 1.807) is 31.1 Å². The van der Waals surface area contributed by atoms with Crippen LogP contribution in [0.5, 0.6) is 11.5 Å².